The molecule has 2 aromatic rings. The van der Waals surface area contributed by atoms with Gasteiger partial charge in [-0.15, -0.1) is 0 Å². The summed E-state index contributed by atoms with van der Waals surface area (Å²) in [6.45, 7) is 6.17. The van der Waals surface area contributed by atoms with E-state index in [9.17, 15) is 9.82 Å². The molecule has 2 aromatic carbocycles. The number of likely N-dealkylation sites (tertiary alicyclic amines) is 1. The predicted octanol–water partition coefficient (Wildman–Crippen LogP) is 3.86. The van der Waals surface area contributed by atoms with Crippen molar-refractivity contribution >= 4 is 18.7 Å². The van der Waals surface area contributed by atoms with Gasteiger partial charge in [-0.3, -0.25) is 4.90 Å². The molecule has 6 heteroatoms. The maximum atomic E-state index is 13.3. The molecule has 2 fully saturated rings. The summed E-state index contributed by atoms with van der Waals surface area (Å²) in [6.07, 6.45) is 2.62. The Bertz CT molecular complexity index is 983. The van der Waals surface area contributed by atoms with Gasteiger partial charge in [0.1, 0.15) is 11.2 Å². The number of benzene rings is 2. The molecule has 1 saturated heterocycles. The first-order valence-electron chi connectivity index (χ1n) is 10.8. The summed E-state index contributed by atoms with van der Waals surface area (Å²) in [5.74, 6) is 0.529. The highest BCUT2D eigenvalue weighted by Crippen LogP contribution is 2.55. The molecule has 2 unspecified atom stereocenters. The average molecular weight is 405 g/mol. The van der Waals surface area contributed by atoms with E-state index in [-0.39, 0.29) is 12.1 Å². The molecule has 156 valence electrons. The number of ether oxygens (including phenoxy) is 1. The molecule has 2 heterocycles. The molecule has 0 aromatic heterocycles. The van der Waals surface area contributed by atoms with Crippen LogP contribution in [0.3, 0.4) is 0 Å². The van der Waals surface area contributed by atoms with Crippen molar-refractivity contribution in [1.29, 1.82) is 0 Å². The molecule has 5 nitrogen and oxygen atoms in total. The average Bonchev–Trinajstić information content (AvgIpc) is 3.42. The Kier molecular flexibility index (Phi) is 4.49. The minimum Gasteiger partial charge on any atom is -0.444 e. The van der Waals surface area contributed by atoms with Crippen LogP contribution in [0.2, 0.25) is 0 Å². The van der Waals surface area contributed by atoms with E-state index in [4.69, 9.17) is 9.39 Å². The van der Waals surface area contributed by atoms with E-state index in [1.807, 2.05) is 51.1 Å². The highest BCUT2D eigenvalue weighted by Gasteiger charge is 2.59. The molecule has 1 spiro atoms. The lowest BCUT2D eigenvalue weighted by Gasteiger charge is -2.38. The van der Waals surface area contributed by atoms with Crippen LogP contribution in [0.15, 0.2) is 48.5 Å². The van der Waals surface area contributed by atoms with Crippen LogP contribution >= 0.6 is 0 Å². The zero-order valence-corrected chi connectivity index (χ0v) is 17.8. The Balaban J connectivity index is 1.65. The van der Waals surface area contributed by atoms with Gasteiger partial charge in [-0.2, -0.15) is 0 Å². The lowest BCUT2D eigenvalue weighted by Crippen LogP contribution is -2.42. The smallest absolute Gasteiger partial charge is 0.444 e. The molecule has 1 aliphatic carbocycles. The summed E-state index contributed by atoms with van der Waals surface area (Å²) in [7, 11) is -0.990. The molecule has 1 amide bonds. The summed E-state index contributed by atoms with van der Waals surface area (Å²) in [4.78, 5) is 15.1. The first kappa shape index (κ1) is 19.6. The van der Waals surface area contributed by atoms with E-state index in [2.05, 4.69) is 18.2 Å². The van der Waals surface area contributed by atoms with Gasteiger partial charge in [0.25, 0.3) is 0 Å². The normalized spacial score (nSPS) is 25.7. The molecule has 0 bridgehead atoms. The lowest BCUT2D eigenvalue weighted by molar-refractivity contribution is -0.00739. The second kappa shape index (κ2) is 6.86. The SMILES string of the molecule is CC(C)(C)OC(=O)N1CCC2(OB(O)c3ccccc32)C1c1ccccc1C1CC1. The molecular weight excluding hydrogens is 377 g/mol. The van der Waals surface area contributed by atoms with Crippen LogP contribution in [0.4, 0.5) is 4.79 Å². The van der Waals surface area contributed by atoms with Crippen LogP contribution in [0, 0.1) is 0 Å². The number of rotatable bonds is 2. The highest BCUT2D eigenvalue weighted by atomic mass is 16.6. The summed E-state index contributed by atoms with van der Waals surface area (Å²) in [6, 6.07) is 15.9. The minimum absolute atomic E-state index is 0.336. The van der Waals surface area contributed by atoms with Gasteiger partial charge in [-0.25, -0.2) is 4.79 Å². The summed E-state index contributed by atoms with van der Waals surface area (Å²) < 4.78 is 12.1. The monoisotopic (exact) mass is 405 g/mol. The van der Waals surface area contributed by atoms with Crippen LogP contribution in [-0.4, -0.2) is 35.3 Å². The summed E-state index contributed by atoms with van der Waals surface area (Å²) in [5.41, 5.74) is 2.78. The maximum absolute atomic E-state index is 13.3. The highest BCUT2D eigenvalue weighted by molar-refractivity contribution is 6.62. The van der Waals surface area contributed by atoms with E-state index in [1.54, 1.807) is 4.90 Å². The van der Waals surface area contributed by atoms with Gasteiger partial charge in [-0.1, -0.05) is 48.5 Å². The van der Waals surface area contributed by atoms with Crippen molar-refractivity contribution < 1.29 is 19.2 Å². The molecule has 5 rings (SSSR count). The molecule has 0 radical (unpaired) electrons. The third-order valence-electron chi connectivity index (χ3n) is 6.42. The van der Waals surface area contributed by atoms with E-state index in [0.29, 0.717) is 18.9 Å². The number of nitrogens with zero attached hydrogens (tertiary/aromatic N) is 1. The molecule has 2 aliphatic heterocycles. The summed E-state index contributed by atoms with van der Waals surface area (Å²) >= 11 is 0. The van der Waals surface area contributed by atoms with E-state index >= 15 is 0 Å². The fourth-order valence-corrected chi connectivity index (χ4v) is 5.10. The van der Waals surface area contributed by atoms with Crippen molar-refractivity contribution in [1.82, 2.24) is 4.90 Å². The van der Waals surface area contributed by atoms with Crippen LogP contribution in [0.1, 0.15) is 68.7 Å². The molecule has 1 saturated carbocycles. The molecule has 1 N–H and O–H groups in total. The third kappa shape index (κ3) is 3.14. The van der Waals surface area contributed by atoms with Crippen molar-refractivity contribution in [2.24, 2.45) is 0 Å². The van der Waals surface area contributed by atoms with Crippen LogP contribution in [-0.2, 0) is 15.0 Å². The second-order valence-electron chi connectivity index (χ2n) is 9.68. The zero-order valence-electron chi connectivity index (χ0n) is 17.8. The van der Waals surface area contributed by atoms with Crippen molar-refractivity contribution in [3.05, 3.63) is 65.2 Å². The first-order chi connectivity index (χ1) is 14.3. The maximum Gasteiger partial charge on any atom is 0.492 e. The standard InChI is InChI=1S/C24H28BNO4/c1-23(2,3)29-22(27)26-15-14-24(19-10-6-7-11-20(19)25(28)30-24)21(26)18-9-5-4-8-17(18)16-12-13-16/h4-11,16,21,28H,12-15H2,1-3H3. The van der Waals surface area contributed by atoms with Gasteiger partial charge >= 0.3 is 13.2 Å². The molecule has 2 atom stereocenters. The number of hydrogen-bond donors (Lipinski definition) is 1. The number of carbonyl (C=O) groups excluding carboxylic acids is 1. The Morgan fingerprint density at radius 2 is 1.80 bits per heavy atom. The fraction of sp³-hybridized carbons (Fsp3) is 0.458. The topological polar surface area (TPSA) is 59.0 Å². The van der Waals surface area contributed by atoms with Gasteiger partial charge in [0.05, 0.1) is 6.04 Å². The molecular formula is C24H28BNO4. The van der Waals surface area contributed by atoms with Gasteiger partial charge in [0.2, 0.25) is 0 Å². The first-order valence-corrected chi connectivity index (χ1v) is 10.8. The van der Waals surface area contributed by atoms with Crippen LogP contribution in [0.5, 0.6) is 0 Å². The van der Waals surface area contributed by atoms with Crippen molar-refractivity contribution in [3.63, 3.8) is 0 Å². The van der Waals surface area contributed by atoms with E-state index in [0.717, 1.165) is 16.6 Å². The number of carbonyl (C=O) groups is 1. The predicted molar refractivity (Wildman–Crippen MR) is 116 cm³/mol. The van der Waals surface area contributed by atoms with Gasteiger partial charge in [0, 0.05) is 6.54 Å². The van der Waals surface area contributed by atoms with Crippen LogP contribution < -0.4 is 5.46 Å². The number of amides is 1. The Morgan fingerprint density at radius 1 is 1.13 bits per heavy atom. The Morgan fingerprint density at radius 3 is 2.50 bits per heavy atom. The lowest BCUT2D eigenvalue weighted by atomic mass is 9.75. The fourth-order valence-electron chi connectivity index (χ4n) is 5.10. The largest absolute Gasteiger partial charge is 0.492 e. The zero-order chi connectivity index (χ0) is 21.1. The van der Waals surface area contributed by atoms with E-state index < -0.39 is 18.3 Å². The third-order valence-corrected chi connectivity index (χ3v) is 6.42. The van der Waals surface area contributed by atoms with Gasteiger partial charge < -0.3 is 14.4 Å². The van der Waals surface area contributed by atoms with Crippen molar-refractivity contribution in [2.45, 2.75) is 63.2 Å². The summed E-state index contributed by atoms with van der Waals surface area (Å²) in [5, 5.41) is 10.7. The number of hydrogen-bond acceptors (Lipinski definition) is 4. The molecule has 30 heavy (non-hydrogen) atoms. The van der Waals surface area contributed by atoms with Gasteiger partial charge in [0.15, 0.2) is 0 Å². The Labute approximate surface area is 178 Å². The quantitative estimate of drug-likeness (QED) is 0.771. The van der Waals surface area contributed by atoms with Crippen molar-refractivity contribution in [2.75, 3.05) is 6.54 Å². The second-order valence-corrected chi connectivity index (χ2v) is 9.68. The van der Waals surface area contributed by atoms with Gasteiger partial charge in [-0.05, 0) is 68.1 Å². The van der Waals surface area contributed by atoms with Crippen molar-refractivity contribution in [3.8, 4) is 0 Å². The molecule has 3 aliphatic rings. The Hall–Kier alpha value is -2.31. The van der Waals surface area contributed by atoms with Crippen LogP contribution in [0.25, 0.3) is 0 Å². The van der Waals surface area contributed by atoms with E-state index in [1.165, 1.54) is 18.4 Å². The minimum atomic E-state index is -0.990. The number of fused-ring (bicyclic) bond motifs is 2.